The number of benzene rings is 3. The number of amides is 1. The highest BCUT2D eigenvalue weighted by molar-refractivity contribution is 6.01. The molecule has 3 aromatic carbocycles. The molecule has 0 bridgehead atoms. The van der Waals surface area contributed by atoms with Crippen molar-refractivity contribution in [2.45, 2.75) is 13.5 Å². The molecular weight excluding hydrogens is 286 g/mol. The zero-order valence-corrected chi connectivity index (χ0v) is 13.1. The molecule has 3 rings (SSSR count). The van der Waals surface area contributed by atoms with Crippen LogP contribution in [0, 0.1) is 0 Å². The summed E-state index contributed by atoms with van der Waals surface area (Å²) in [5.41, 5.74) is 1.42. The van der Waals surface area contributed by atoms with E-state index in [-0.39, 0.29) is 11.7 Å². The first-order valence-electron chi connectivity index (χ1n) is 7.74. The van der Waals surface area contributed by atoms with Crippen molar-refractivity contribution >= 4 is 16.7 Å². The van der Waals surface area contributed by atoms with Crippen molar-refractivity contribution in [3.63, 3.8) is 0 Å². The summed E-state index contributed by atoms with van der Waals surface area (Å²) >= 11 is 0. The first-order chi connectivity index (χ1) is 11.2. The summed E-state index contributed by atoms with van der Waals surface area (Å²) in [5, 5.41) is 12.1. The van der Waals surface area contributed by atoms with Gasteiger partial charge in [-0.05, 0) is 35.4 Å². The van der Waals surface area contributed by atoms with E-state index in [0.29, 0.717) is 18.7 Å². The minimum atomic E-state index is -0.153. The van der Waals surface area contributed by atoms with Crippen molar-refractivity contribution in [1.82, 2.24) is 4.90 Å². The summed E-state index contributed by atoms with van der Waals surface area (Å²) in [4.78, 5) is 14.5. The molecule has 0 unspecified atom stereocenters. The minimum Gasteiger partial charge on any atom is -0.507 e. The van der Waals surface area contributed by atoms with Gasteiger partial charge < -0.3 is 10.0 Å². The van der Waals surface area contributed by atoms with E-state index < -0.39 is 0 Å². The van der Waals surface area contributed by atoms with Gasteiger partial charge in [0.25, 0.3) is 5.91 Å². The highest BCUT2D eigenvalue weighted by Crippen LogP contribution is 2.26. The van der Waals surface area contributed by atoms with Crippen molar-refractivity contribution in [2.75, 3.05) is 6.54 Å². The summed E-state index contributed by atoms with van der Waals surface area (Å²) in [6.07, 6.45) is 0. The Kier molecular flexibility index (Phi) is 4.29. The number of hydrogen-bond donors (Lipinski definition) is 1. The lowest BCUT2D eigenvalue weighted by molar-refractivity contribution is 0.0749. The Morgan fingerprint density at radius 3 is 2.22 bits per heavy atom. The molecule has 0 heterocycles. The van der Waals surface area contributed by atoms with Crippen LogP contribution in [0.4, 0.5) is 0 Å². The van der Waals surface area contributed by atoms with E-state index in [1.807, 2.05) is 61.5 Å². The molecule has 3 aromatic rings. The normalized spacial score (nSPS) is 10.7. The summed E-state index contributed by atoms with van der Waals surface area (Å²) in [5.74, 6) is -0.125. The molecule has 116 valence electrons. The van der Waals surface area contributed by atoms with Crippen LogP contribution in [0.2, 0.25) is 0 Å². The quantitative estimate of drug-likeness (QED) is 0.784. The van der Waals surface area contributed by atoms with Crippen LogP contribution >= 0.6 is 0 Å². The predicted octanol–water partition coefficient (Wildman–Crippen LogP) is 4.21. The third-order valence-corrected chi connectivity index (χ3v) is 3.98. The Labute approximate surface area is 135 Å². The topological polar surface area (TPSA) is 40.5 Å². The van der Waals surface area contributed by atoms with Crippen LogP contribution in [-0.4, -0.2) is 22.5 Å². The van der Waals surface area contributed by atoms with Crippen molar-refractivity contribution in [1.29, 1.82) is 0 Å². The molecule has 23 heavy (non-hydrogen) atoms. The second-order valence-corrected chi connectivity index (χ2v) is 5.52. The number of phenolic OH excluding ortho intramolecular Hbond substituents is 1. The maximum absolute atomic E-state index is 12.8. The number of carbonyl (C=O) groups excluding carboxylic acids is 1. The largest absolute Gasteiger partial charge is 0.507 e. The smallest absolute Gasteiger partial charge is 0.257 e. The molecule has 0 aliphatic rings. The Balaban J connectivity index is 1.93. The zero-order chi connectivity index (χ0) is 16.2. The van der Waals surface area contributed by atoms with E-state index in [9.17, 15) is 9.90 Å². The molecule has 0 saturated carbocycles. The first kappa shape index (κ1) is 15.1. The Morgan fingerprint density at radius 2 is 1.57 bits per heavy atom. The van der Waals surface area contributed by atoms with E-state index >= 15 is 0 Å². The van der Waals surface area contributed by atoms with Crippen LogP contribution in [0.3, 0.4) is 0 Å². The van der Waals surface area contributed by atoms with Crippen molar-refractivity contribution in [3.05, 3.63) is 77.9 Å². The summed E-state index contributed by atoms with van der Waals surface area (Å²) < 4.78 is 0. The Bertz CT molecular complexity index is 827. The molecule has 0 aliphatic carbocycles. The van der Waals surface area contributed by atoms with E-state index in [0.717, 1.165) is 16.3 Å². The van der Waals surface area contributed by atoms with Gasteiger partial charge in [-0.15, -0.1) is 0 Å². The molecule has 3 heteroatoms. The third kappa shape index (κ3) is 3.19. The maximum atomic E-state index is 12.8. The van der Waals surface area contributed by atoms with E-state index in [1.54, 1.807) is 17.0 Å². The van der Waals surface area contributed by atoms with Gasteiger partial charge in [0.2, 0.25) is 0 Å². The molecule has 0 spiro atoms. The summed E-state index contributed by atoms with van der Waals surface area (Å²) in [6, 6.07) is 21.0. The van der Waals surface area contributed by atoms with Crippen LogP contribution in [-0.2, 0) is 6.54 Å². The molecule has 1 amide bonds. The van der Waals surface area contributed by atoms with E-state index in [2.05, 4.69) is 0 Å². The highest BCUT2D eigenvalue weighted by atomic mass is 16.3. The molecule has 0 atom stereocenters. The number of hydrogen-bond acceptors (Lipinski definition) is 2. The lowest BCUT2D eigenvalue weighted by atomic mass is 10.0. The van der Waals surface area contributed by atoms with Crippen LogP contribution in [0.1, 0.15) is 22.8 Å². The second-order valence-electron chi connectivity index (χ2n) is 5.52. The fourth-order valence-electron chi connectivity index (χ4n) is 2.70. The fourth-order valence-corrected chi connectivity index (χ4v) is 2.70. The SMILES string of the molecule is CCN(Cc1ccccc1)C(=O)c1cc2ccccc2cc1O. The van der Waals surface area contributed by atoms with Gasteiger partial charge in [-0.2, -0.15) is 0 Å². The molecule has 0 radical (unpaired) electrons. The molecule has 0 aliphatic heterocycles. The maximum Gasteiger partial charge on any atom is 0.257 e. The first-order valence-corrected chi connectivity index (χ1v) is 7.74. The molecule has 1 N–H and O–H groups in total. The zero-order valence-electron chi connectivity index (χ0n) is 13.1. The Hall–Kier alpha value is -2.81. The van der Waals surface area contributed by atoms with Gasteiger partial charge in [-0.3, -0.25) is 4.79 Å². The molecule has 0 fully saturated rings. The molecule has 0 aromatic heterocycles. The third-order valence-electron chi connectivity index (χ3n) is 3.98. The van der Waals surface area contributed by atoms with Crippen LogP contribution in [0.25, 0.3) is 10.8 Å². The van der Waals surface area contributed by atoms with Crippen LogP contribution < -0.4 is 0 Å². The number of rotatable bonds is 4. The van der Waals surface area contributed by atoms with Gasteiger partial charge in [-0.25, -0.2) is 0 Å². The average molecular weight is 305 g/mol. The van der Waals surface area contributed by atoms with Gasteiger partial charge in [-0.1, -0.05) is 54.6 Å². The van der Waals surface area contributed by atoms with Crippen LogP contribution in [0.15, 0.2) is 66.7 Å². The lowest BCUT2D eigenvalue weighted by Crippen LogP contribution is -2.30. The standard InChI is InChI=1S/C20H19NO2/c1-2-21(14-15-8-4-3-5-9-15)20(23)18-12-16-10-6-7-11-17(16)13-19(18)22/h3-13,22H,2,14H2,1H3. The van der Waals surface area contributed by atoms with Gasteiger partial charge in [0.15, 0.2) is 0 Å². The van der Waals surface area contributed by atoms with Gasteiger partial charge in [0, 0.05) is 13.1 Å². The minimum absolute atomic E-state index is 0.0280. The van der Waals surface area contributed by atoms with Crippen molar-refractivity contribution in [3.8, 4) is 5.75 Å². The average Bonchev–Trinajstić information content (AvgIpc) is 2.59. The van der Waals surface area contributed by atoms with Crippen molar-refractivity contribution < 1.29 is 9.90 Å². The molecule has 3 nitrogen and oxygen atoms in total. The van der Waals surface area contributed by atoms with Crippen molar-refractivity contribution in [2.24, 2.45) is 0 Å². The number of carbonyl (C=O) groups is 1. The number of aromatic hydroxyl groups is 1. The van der Waals surface area contributed by atoms with Gasteiger partial charge >= 0.3 is 0 Å². The summed E-state index contributed by atoms with van der Waals surface area (Å²) in [7, 11) is 0. The van der Waals surface area contributed by atoms with Gasteiger partial charge in [0.1, 0.15) is 5.75 Å². The monoisotopic (exact) mass is 305 g/mol. The number of nitrogens with zero attached hydrogens (tertiary/aromatic N) is 1. The second kappa shape index (κ2) is 6.53. The number of fused-ring (bicyclic) bond motifs is 1. The van der Waals surface area contributed by atoms with E-state index in [1.165, 1.54) is 0 Å². The van der Waals surface area contributed by atoms with Gasteiger partial charge in [0.05, 0.1) is 5.56 Å². The lowest BCUT2D eigenvalue weighted by Gasteiger charge is -2.22. The molecule has 0 saturated heterocycles. The molecular formula is C20H19NO2. The summed E-state index contributed by atoms with van der Waals surface area (Å²) in [6.45, 7) is 3.06. The van der Waals surface area contributed by atoms with Crippen LogP contribution in [0.5, 0.6) is 5.75 Å². The Morgan fingerprint density at radius 1 is 0.957 bits per heavy atom. The predicted molar refractivity (Wildman–Crippen MR) is 92.5 cm³/mol. The fraction of sp³-hybridized carbons (Fsp3) is 0.150. The number of phenols is 1. The highest BCUT2D eigenvalue weighted by Gasteiger charge is 2.18. The van der Waals surface area contributed by atoms with E-state index in [4.69, 9.17) is 0 Å².